The Kier molecular flexibility index (Phi) is 7.96. The summed E-state index contributed by atoms with van der Waals surface area (Å²) >= 11 is 0. The number of hydrogen-bond donors (Lipinski definition) is 0. The first-order chi connectivity index (χ1) is 15.6. The predicted molar refractivity (Wildman–Crippen MR) is 125 cm³/mol. The normalized spacial score (nSPS) is 15.5. The first-order valence-electron chi connectivity index (χ1n) is 12.3. The maximum absolute atomic E-state index is 14.2. The number of halogens is 3. The van der Waals surface area contributed by atoms with Crippen LogP contribution in [-0.4, -0.2) is 32.0 Å². The molecule has 3 rings (SSSR count). The maximum Gasteiger partial charge on any atom is 0.417 e. The van der Waals surface area contributed by atoms with E-state index in [0.717, 1.165) is 57.4 Å². The number of aromatic nitrogens is 2. The number of fused-ring (bicyclic) bond motifs is 1. The first kappa shape index (κ1) is 25.4. The number of unbranched alkanes of at least 4 members (excludes halogenated alkanes) is 2. The van der Waals surface area contributed by atoms with E-state index in [9.17, 15) is 22.8 Å². The summed E-state index contributed by atoms with van der Waals surface area (Å²) in [4.78, 5) is 28.3. The Morgan fingerprint density at radius 2 is 1.70 bits per heavy atom. The lowest BCUT2D eigenvalue weighted by Gasteiger charge is -2.38. The maximum atomic E-state index is 14.2. The molecule has 8 heteroatoms. The second kappa shape index (κ2) is 10.3. The summed E-state index contributed by atoms with van der Waals surface area (Å²) in [7, 11) is 0. The summed E-state index contributed by atoms with van der Waals surface area (Å²) in [5.41, 5.74) is -1.01. The highest BCUT2D eigenvalue weighted by Gasteiger charge is 2.39. The van der Waals surface area contributed by atoms with Crippen LogP contribution in [0, 0.1) is 0 Å². The summed E-state index contributed by atoms with van der Waals surface area (Å²) in [6.07, 6.45) is 2.59. The molecule has 0 saturated heterocycles. The van der Waals surface area contributed by atoms with Crippen LogP contribution in [0.5, 0.6) is 0 Å². The van der Waals surface area contributed by atoms with E-state index in [2.05, 4.69) is 6.92 Å². The quantitative estimate of drug-likeness (QED) is 0.433. The molecule has 0 bridgehead atoms. The van der Waals surface area contributed by atoms with Gasteiger partial charge in [-0.1, -0.05) is 39.0 Å². The molecule has 0 unspecified atom stereocenters. The lowest BCUT2D eigenvalue weighted by molar-refractivity contribution is -0.138. The Morgan fingerprint density at radius 1 is 1.06 bits per heavy atom. The van der Waals surface area contributed by atoms with Crippen LogP contribution in [0.15, 0.2) is 16.9 Å². The van der Waals surface area contributed by atoms with E-state index in [4.69, 9.17) is 0 Å². The summed E-state index contributed by atoms with van der Waals surface area (Å²) < 4.78 is 45.4. The van der Waals surface area contributed by atoms with Crippen molar-refractivity contribution in [2.24, 2.45) is 0 Å². The molecule has 184 valence electrons. The topological polar surface area (TPSA) is 47.2 Å². The van der Waals surface area contributed by atoms with Crippen molar-refractivity contribution < 1.29 is 18.0 Å². The fourth-order valence-electron chi connectivity index (χ4n) is 5.13. The number of hydrogen-bond acceptors (Lipinski definition) is 2. The summed E-state index contributed by atoms with van der Waals surface area (Å²) in [6, 6.07) is 2.04. The van der Waals surface area contributed by atoms with Crippen LogP contribution in [0.3, 0.4) is 0 Å². The van der Waals surface area contributed by atoms with Crippen LogP contribution in [0.25, 0.3) is 11.0 Å². The minimum Gasteiger partial charge on any atom is -0.333 e. The first-order valence-corrected chi connectivity index (χ1v) is 12.3. The largest absolute Gasteiger partial charge is 0.417 e. The number of aryl methyl sites for hydroxylation is 2. The highest BCUT2D eigenvalue weighted by Crippen LogP contribution is 2.36. The number of rotatable bonds is 8. The molecule has 1 fully saturated rings. The molecule has 0 spiro atoms. The summed E-state index contributed by atoms with van der Waals surface area (Å²) in [5.74, 6) is -0.595. The molecule has 33 heavy (non-hydrogen) atoms. The zero-order valence-corrected chi connectivity index (χ0v) is 20.2. The second-order valence-electron chi connectivity index (χ2n) is 9.37. The minimum atomic E-state index is -4.70. The van der Waals surface area contributed by atoms with Crippen molar-refractivity contribution in [3.63, 3.8) is 0 Å². The molecule has 1 heterocycles. The van der Waals surface area contributed by atoms with Gasteiger partial charge in [-0.3, -0.25) is 13.9 Å². The third-order valence-electron chi connectivity index (χ3n) is 6.75. The number of imidazole rings is 1. The molecule has 5 nitrogen and oxygen atoms in total. The van der Waals surface area contributed by atoms with Crippen molar-refractivity contribution in [3.8, 4) is 0 Å². The fourth-order valence-corrected chi connectivity index (χ4v) is 5.13. The Hall–Kier alpha value is -2.25. The van der Waals surface area contributed by atoms with Crippen molar-refractivity contribution in [3.05, 3.63) is 33.7 Å². The molecule has 0 radical (unpaired) electrons. The molecule has 0 atom stereocenters. The van der Waals surface area contributed by atoms with Gasteiger partial charge in [0.05, 0.1) is 22.2 Å². The Balaban J connectivity index is 2.20. The zero-order valence-electron chi connectivity index (χ0n) is 20.2. The number of carbonyl (C=O) groups is 1. The van der Waals surface area contributed by atoms with E-state index in [1.165, 1.54) is 15.2 Å². The van der Waals surface area contributed by atoms with Crippen molar-refractivity contribution >= 4 is 16.9 Å². The van der Waals surface area contributed by atoms with Gasteiger partial charge >= 0.3 is 11.9 Å². The van der Waals surface area contributed by atoms with Crippen molar-refractivity contribution in [1.29, 1.82) is 0 Å². The third kappa shape index (κ3) is 5.14. The Morgan fingerprint density at radius 3 is 2.24 bits per heavy atom. The van der Waals surface area contributed by atoms with Crippen molar-refractivity contribution in [2.75, 3.05) is 0 Å². The lowest BCUT2D eigenvalue weighted by Crippen LogP contribution is -2.46. The Labute approximate surface area is 193 Å². The number of carbonyl (C=O) groups excluding carboxylic acids is 1. The average Bonchev–Trinajstić information content (AvgIpc) is 3.03. The van der Waals surface area contributed by atoms with E-state index < -0.39 is 17.6 Å². The van der Waals surface area contributed by atoms with E-state index in [0.29, 0.717) is 12.1 Å². The van der Waals surface area contributed by atoms with Crippen LogP contribution in [0.4, 0.5) is 13.2 Å². The molecule has 1 aliphatic rings. The van der Waals surface area contributed by atoms with Gasteiger partial charge in [0, 0.05) is 25.2 Å². The van der Waals surface area contributed by atoms with E-state index in [1.54, 1.807) is 11.8 Å². The molecule has 1 amide bonds. The summed E-state index contributed by atoms with van der Waals surface area (Å²) in [5, 5.41) is 0. The molecule has 1 aromatic carbocycles. The smallest absolute Gasteiger partial charge is 0.333 e. The van der Waals surface area contributed by atoms with Gasteiger partial charge < -0.3 is 4.90 Å². The second-order valence-corrected chi connectivity index (χ2v) is 9.37. The standard InChI is InChI=1S/C25H36F3N3O2/c1-5-7-11-14-30-21-15-19(23(32)31(17(3)4)18-12-9-8-10-13-18)20(25(26,27)28)16-22(21)29(6-2)24(30)33/h15-18H,5-14H2,1-4H3. The van der Waals surface area contributed by atoms with E-state index >= 15 is 0 Å². The summed E-state index contributed by atoms with van der Waals surface area (Å²) in [6.45, 7) is 8.19. The van der Waals surface area contributed by atoms with Gasteiger partial charge in [0.25, 0.3) is 5.91 Å². The van der Waals surface area contributed by atoms with Crippen LogP contribution >= 0.6 is 0 Å². The molecule has 0 N–H and O–H groups in total. The number of nitrogens with zero attached hydrogens (tertiary/aromatic N) is 3. The molecule has 2 aromatic rings. The van der Waals surface area contributed by atoms with Gasteiger partial charge in [0.15, 0.2) is 0 Å². The average molecular weight is 468 g/mol. The van der Waals surface area contributed by atoms with Crippen LogP contribution in [0.2, 0.25) is 0 Å². The minimum absolute atomic E-state index is 0.0602. The third-order valence-corrected chi connectivity index (χ3v) is 6.75. The number of amides is 1. The number of alkyl halides is 3. The van der Waals surface area contributed by atoms with Crippen molar-refractivity contribution in [1.82, 2.24) is 14.0 Å². The fraction of sp³-hybridized carbons (Fsp3) is 0.680. The van der Waals surface area contributed by atoms with Gasteiger partial charge in [-0.15, -0.1) is 0 Å². The molecule has 1 aliphatic carbocycles. The van der Waals surface area contributed by atoms with Crippen LogP contribution in [-0.2, 0) is 19.3 Å². The van der Waals surface area contributed by atoms with Crippen LogP contribution in [0.1, 0.15) is 95.0 Å². The van der Waals surface area contributed by atoms with Gasteiger partial charge in [-0.2, -0.15) is 13.2 Å². The Bertz CT molecular complexity index is 1030. The molecular weight excluding hydrogens is 431 g/mol. The predicted octanol–water partition coefficient (Wildman–Crippen LogP) is 6.22. The lowest BCUT2D eigenvalue weighted by atomic mass is 9.92. The number of benzene rings is 1. The highest BCUT2D eigenvalue weighted by atomic mass is 19.4. The van der Waals surface area contributed by atoms with Gasteiger partial charge in [0.2, 0.25) is 0 Å². The SMILES string of the molecule is CCCCCn1c(=O)n(CC)c2cc(C(F)(F)F)c(C(=O)N(C(C)C)C3CCCCC3)cc21. The molecule has 0 aliphatic heterocycles. The van der Waals surface area contributed by atoms with E-state index in [-0.39, 0.29) is 35.4 Å². The molecule has 1 saturated carbocycles. The molecule has 1 aromatic heterocycles. The van der Waals surface area contributed by atoms with Gasteiger partial charge in [-0.25, -0.2) is 4.79 Å². The zero-order chi connectivity index (χ0) is 24.3. The van der Waals surface area contributed by atoms with Crippen LogP contribution < -0.4 is 5.69 Å². The van der Waals surface area contributed by atoms with E-state index in [1.807, 2.05) is 13.8 Å². The molecular formula is C25H36F3N3O2. The van der Waals surface area contributed by atoms with Crippen molar-refractivity contribution in [2.45, 2.75) is 110 Å². The highest BCUT2D eigenvalue weighted by molar-refractivity contribution is 5.99. The van der Waals surface area contributed by atoms with Gasteiger partial charge in [-0.05, 0) is 52.2 Å². The monoisotopic (exact) mass is 467 g/mol. The van der Waals surface area contributed by atoms with Gasteiger partial charge in [0.1, 0.15) is 0 Å².